The zero-order valence-electron chi connectivity index (χ0n) is 14.1. The fraction of sp³-hybridized carbons (Fsp3) is 1.00. The van der Waals surface area contributed by atoms with Gasteiger partial charge in [-0.1, -0.05) is 41.5 Å². The Morgan fingerprint density at radius 2 is 1.11 bits per heavy atom. The van der Waals surface area contributed by atoms with Crippen LogP contribution in [0, 0.1) is 11.8 Å². The summed E-state index contributed by atoms with van der Waals surface area (Å²) in [5, 5.41) is 0. The van der Waals surface area contributed by atoms with Gasteiger partial charge in [0, 0.05) is 13.2 Å². The van der Waals surface area contributed by atoms with Gasteiger partial charge in [0.15, 0.2) is 0 Å². The molecule has 0 rings (SSSR count). The van der Waals surface area contributed by atoms with E-state index >= 15 is 0 Å². The van der Waals surface area contributed by atoms with Gasteiger partial charge in [-0.3, -0.25) is 0 Å². The molecule has 0 amide bonds. The first-order valence-corrected chi connectivity index (χ1v) is 10.5. The lowest BCUT2D eigenvalue weighted by Gasteiger charge is -2.29. The summed E-state index contributed by atoms with van der Waals surface area (Å²) in [4.78, 5) is 0. The minimum Gasteiger partial charge on any atom is -0.394 e. The van der Waals surface area contributed by atoms with Crippen LogP contribution in [-0.4, -0.2) is 21.8 Å². The van der Waals surface area contributed by atoms with Crippen molar-refractivity contribution >= 4 is 8.56 Å². The first-order valence-electron chi connectivity index (χ1n) is 8.23. The van der Waals surface area contributed by atoms with E-state index in [4.69, 9.17) is 8.85 Å². The second kappa shape index (κ2) is 10.9. The summed E-state index contributed by atoms with van der Waals surface area (Å²) in [6.45, 7) is 15.3. The van der Waals surface area contributed by atoms with Crippen LogP contribution in [0.3, 0.4) is 0 Å². The predicted molar refractivity (Wildman–Crippen MR) is 86.8 cm³/mol. The van der Waals surface area contributed by atoms with Gasteiger partial charge in [-0.05, 0) is 49.6 Å². The van der Waals surface area contributed by atoms with Gasteiger partial charge in [0.05, 0.1) is 0 Å². The van der Waals surface area contributed by atoms with Gasteiger partial charge in [0.2, 0.25) is 0 Å². The largest absolute Gasteiger partial charge is 0.394 e. The summed E-state index contributed by atoms with van der Waals surface area (Å²) >= 11 is 0. The molecule has 0 aliphatic rings. The van der Waals surface area contributed by atoms with Crippen molar-refractivity contribution in [3.63, 3.8) is 0 Å². The molecule has 0 saturated heterocycles. The van der Waals surface area contributed by atoms with Crippen LogP contribution in [0.15, 0.2) is 0 Å². The highest BCUT2D eigenvalue weighted by Gasteiger charge is 2.33. The van der Waals surface area contributed by atoms with Crippen molar-refractivity contribution < 1.29 is 8.85 Å². The third-order valence-corrected chi connectivity index (χ3v) is 7.27. The SMILES string of the molecule is CC[Si](CC)(OCCCC(C)C)OCCCC(C)C. The summed E-state index contributed by atoms with van der Waals surface area (Å²) in [7, 11) is -1.89. The molecule has 0 spiro atoms. The predicted octanol–water partition coefficient (Wildman–Crippen LogP) is 5.37. The first-order chi connectivity index (χ1) is 8.95. The second-order valence-corrected chi connectivity index (χ2v) is 10.2. The molecule has 0 atom stereocenters. The molecule has 3 heteroatoms. The quantitative estimate of drug-likeness (QED) is 0.355. The van der Waals surface area contributed by atoms with Crippen molar-refractivity contribution in [2.75, 3.05) is 13.2 Å². The highest BCUT2D eigenvalue weighted by Crippen LogP contribution is 2.20. The number of rotatable bonds is 12. The molecule has 0 radical (unpaired) electrons. The fourth-order valence-corrected chi connectivity index (χ4v) is 4.63. The van der Waals surface area contributed by atoms with Crippen LogP contribution in [0.5, 0.6) is 0 Å². The van der Waals surface area contributed by atoms with Crippen molar-refractivity contribution in [1.82, 2.24) is 0 Å². The zero-order chi connectivity index (χ0) is 14.7. The van der Waals surface area contributed by atoms with E-state index in [9.17, 15) is 0 Å². The van der Waals surface area contributed by atoms with Crippen molar-refractivity contribution in [2.24, 2.45) is 11.8 Å². The molecule has 0 bridgehead atoms. The molecule has 0 heterocycles. The summed E-state index contributed by atoms with van der Waals surface area (Å²) in [5.41, 5.74) is 0. The summed E-state index contributed by atoms with van der Waals surface area (Å²) < 4.78 is 12.4. The van der Waals surface area contributed by atoms with Crippen LogP contribution in [0.1, 0.15) is 67.2 Å². The molecular weight excluding hydrogens is 252 g/mol. The topological polar surface area (TPSA) is 18.5 Å². The molecule has 0 aliphatic carbocycles. The van der Waals surface area contributed by atoms with Crippen LogP contribution in [-0.2, 0) is 8.85 Å². The van der Waals surface area contributed by atoms with Gasteiger partial charge in [0.1, 0.15) is 0 Å². The van der Waals surface area contributed by atoms with E-state index in [1.807, 2.05) is 0 Å². The molecular formula is C16H36O2Si. The number of hydrogen-bond donors (Lipinski definition) is 0. The molecule has 2 nitrogen and oxygen atoms in total. The Balaban J connectivity index is 3.96. The van der Waals surface area contributed by atoms with Crippen molar-refractivity contribution in [3.05, 3.63) is 0 Å². The van der Waals surface area contributed by atoms with E-state index in [1.165, 1.54) is 25.7 Å². The van der Waals surface area contributed by atoms with Crippen LogP contribution in [0.25, 0.3) is 0 Å². The average molecular weight is 289 g/mol. The van der Waals surface area contributed by atoms with Crippen molar-refractivity contribution in [2.45, 2.75) is 79.3 Å². The molecule has 0 N–H and O–H groups in total. The third kappa shape index (κ3) is 9.64. The van der Waals surface area contributed by atoms with Gasteiger partial charge in [-0.25, -0.2) is 0 Å². The maximum Gasteiger partial charge on any atom is 0.337 e. The van der Waals surface area contributed by atoms with Crippen LogP contribution in [0.2, 0.25) is 12.1 Å². The molecule has 0 fully saturated rings. The van der Waals surface area contributed by atoms with E-state index in [1.54, 1.807) is 0 Å². The van der Waals surface area contributed by atoms with E-state index < -0.39 is 8.56 Å². The normalized spacial score (nSPS) is 12.6. The highest BCUT2D eigenvalue weighted by atomic mass is 28.4. The van der Waals surface area contributed by atoms with Crippen LogP contribution < -0.4 is 0 Å². The van der Waals surface area contributed by atoms with Gasteiger partial charge >= 0.3 is 8.56 Å². The Kier molecular flexibility index (Phi) is 10.9. The fourth-order valence-electron chi connectivity index (χ4n) is 2.20. The Bertz CT molecular complexity index is 183. The Morgan fingerprint density at radius 1 is 0.737 bits per heavy atom. The Hall–Kier alpha value is 0.137. The maximum atomic E-state index is 6.20. The lowest BCUT2D eigenvalue weighted by molar-refractivity contribution is 0.160. The van der Waals surface area contributed by atoms with Gasteiger partial charge in [-0.2, -0.15) is 0 Å². The maximum absolute atomic E-state index is 6.20. The van der Waals surface area contributed by atoms with E-state index in [2.05, 4.69) is 41.5 Å². The third-order valence-electron chi connectivity index (χ3n) is 3.66. The second-order valence-electron chi connectivity index (χ2n) is 6.39. The molecule has 0 aliphatic heterocycles. The van der Waals surface area contributed by atoms with Gasteiger partial charge in [0.25, 0.3) is 0 Å². The molecule has 0 aromatic heterocycles. The molecule has 0 aromatic rings. The summed E-state index contributed by atoms with van der Waals surface area (Å²) in [6, 6.07) is 2.15. The van der Waals surface area contributed by atoms with E-state index in [-0.39, 0.29) is 0 Å². The summed E-state index contributed by atoms with van der Waals surface area (Å²) in [6.07, 6.45) is 4.85. The van der Waals surface area contributed by atoms with Gasteiger partial charge < -0.3 is 8.85 Å². The molecule has 116 valence electrons. The molecule has 0 saturated carbocycles. The van der Waals surface area contributed by atoms with Crippen molar-refractivity contribution in [1.29, 1.82) is 0 Å². The molecule has 0 unspecified atom stereocenters. The van der Waals surface area contributed by atoms with Gasteiger partial charge in [-0.15, -0.1) is 0 Å². The smallest absolute Gasteiger partial charge is 0.337 e. The Morgan fingerprint density at radius 3 is 1.37 bits per heavy atom. The average Bonchev–Trinajstić information content (AvgIpc) is 2.37. The van der Waals surface area contributed by atoms with Crippen LogP contribution >= 0.6 is 0 Å². The zero-order valence-corrected chi connectivity index (χ0v) is 15.1. The van der Waals surface area contributed by atoms with E-state index in [0.29, 0.717) is 0 Å². The van der Waals surface area contributed by atoms with E-state index in [0.717, 1.165) is 37.1 Å². The minimum atomic E-state index is -1.89. The van der Waals surface area contributed by atoms with Crippen LogP contribution in [0.4, 0.5) is 0 Å². The molecule has 19 heavy (non-hydrogen) atoms. The first kappa shape index (κ1) is 19.1. The Labute approximate surface area is 122 Å². The lowest BCUT2D eigenvalue weighted by Crippen LogP contribution is -2.41. The monoisotopic (exact) mass is 288 g/mol. The minimum absolute atomic E-state index is 0.773. The molecule has 0 aromatic carbocycles. The highest BCUT2D eigenvalue weighted by molar-refractivity contribution is 6.67. The summed E-state index contributed by atoms with van der Waals surface area (Å²) in [5.74, 6) is 1.55. The number of hydrogen-bond acceptors (Lipinski definition) is 2. The standard InChI is InChI=1S/C16H36O2Si/c1-7-19(8-2,17-13-9-11-15(3)4)18-14-10-12-16(5)6/h15-16H,7-14H2,1-6H3. The van der Waals surface area contributed by atoms with Crippen molar-refractivity contribution in [3.8, 4) is 0 Å². The lowest BCUT2D eigenvalue weighted by atomic mass is 10.1.